The van der Waals surface area contributed by atoms with Crippen molar-refractivity contribution in [1.29, 1.82) is 0 Å². The molecule has 0 saturated carbocycles. The predicted octanol–water partition coefficient (Wildman–Crippen LogP) is 1.41. The zero-order valence-electron chi connectivity index (χ0n) is 12.5. The Balaban J connectivity index is 1.76. The van der Waals surface area contributed by atoms with E-state index in [0.717, 1.165) is 12.0 Å². The van der Waals surface area contributed by atoms with E-state index in [1.54, 1.807) is 4.90 Å². The molecular weight excluding hydrogens is 302 g/mol. The van der Waals surface area contributed by atoms with Gasteiger partial charge >= 0.3 is 0 Å². The van der Waals surface area contributed by atoms with Gasteiger partial charge in [0.2, 0.25) is 5.91 Å². The van der Waals surface area contributed by atoms with Crippen molar-refractivity contribution in [2.45, 2.75) is 18.1 Å². The highest BCUT2D eigenvalue weighted by molar-refractivity contribution is 7.91. The molecule has 0 spiro atoms. The van der Waals surface area contributed by atoms with E-state index in [1.807, 2.05) is 30.3 Å². The van der Waals surface area contributed by atoms with Crippen LogP contribution in [0, 0.1) is 5.92 Å². The maximum absolute atomic E-state index is 12.5. The van der Waals surface area contributed by atoms with E-state index < -0.39 is 15.1 Å². The average Bonchev–Trinajstić information content (AvgIpc) is 3.00. The van der Waals surface area contributed by atoms with E-state index in [0.29, 0.717) is 32.7 Å². The number of hydrogen-bond acceptors (Lipinski definition) is 4. The maximum atomic E-state index is 12.5. The lowest BCUT2D eigenvalue weighted by Gasteiger charge is -2.22. The van der Waals surface area contributed by atoms with Gasteiger partial charge < -0.3 is 9.64 Å². The number of carbonyl (C=O) groups excluding carboxylic acids is 1. The van der Waals surface area contributed by atoms with Crippen molar-refractivity contribution in [3.8, 4) is 0 Å². The van der Waals surface area contributed by atoms with Crippen molar-refractivity contribution >= 4 is 15.7 Å². The van der Waals surface area contributed by atoms with Crippen molar-refractivity contribution in [2.24, 2.45) is 5.92 Å². The van der Waals surface area contributed by atoms with Crippen LogP contribution in [0.15, 0.2) is 30.3 Å². The van der Waals surface area contributed by atoms with Crippen molar-refractivity contribution in [2.75, 3.05) is 32.1 Å². The molecule has 0 N–H and O–H groups in total. The van der Waals surface area contributed by atoms with Crippen molar-refractivity contribution in [3.05, 3.63) is 35.9 Å². The van der Waals surface area contributed by atoms with Gasteiger partial charge in [0, 0.05) is 19.7 Å². The van der Waals surface area contributed by atoms with Gasteiger partial charge in [0.05, 0.1) is 23.5 Å². The fourth-order valence-electron chi connectivity index (χ4n) is 3.19. The summed E-state index contributed by atoms with van der Waals surface area (Å²) in [5.74, 6) is -0.0244. The summed E-state index contributed by atoms with van der Waals surface area (Å²) in [6, 6.07) is 9.29. The number of hydrogen-bond donors (Lipinski definition) is 0. The Morgan fingerprint density at radius 3 is 2.59 bits per heavy atom. The Morgan fingerprint density at radius 1 is 1.14 bits per heavy atom. The molecule has 120 valence electrons. The number of amides is 1. The smallest absolute Gasteiger partial charge is 0.228 e. The zero-order chi connectivity index (χ0) is 15.6. The van der Waals surface area contributed by atoms with Gasteiger partial charge in [-0.25, -0.2) is 8.42 Å². The first kappa shape index (κ1) is 15.5. The lowest BCUT2D eigenvalue weighted by atomic mass is 10.1. The quantitative estimate of drug-likeness (QED) is 0.825. The van der Waals surface area contributed by atoms with Crippen LogP contribution >= 0.6 is 0 Å². The van der Waals surface area contributed by atoms with Crippen LogP contribution in [0.4, 0.5) is 0 Å². The monoisotopic (exact) mass is 323 g/mol. The Kier molecular flexibility index (Phi) is 4.49. The van der Waals surface area contributed by atoms with Gasteiger partial charge in [-0.3, -0.25) is 4.79 Å². The topological polar surface area (TPSA) is 63.7 Å². The third-order valence-corrected chi connectivity index (χ3v) is 6.63. The standard InChI is InChI=1S/C16H21NO4S/c18-16(14-7-10-21-12-14)17-8-6-15(22(19,20)11-9-17)13-4-2-1-3-5-13/h1-5,14-15H,6-12H2/t14-,15+/m1/s1. The molecule has 0 unspecified atom stereocenters. The highest BCUT2D eigenvalue weighted by atomic mass is 32.2. The summed E-state index contributed by atoms with van der Waals surface area (Å²) in [6.45, 7) is 1.87. The molecule has 6 heteroatoms. The van der Waals surface area contributed by atoms with Crippen molar-refractivity contribution in [3.63, 3.8) is 0 Å². The Bertz CT molecular complexity index is 623. The van der Waals surface area contributed by atoms with Crippen LogP contribution in [0.2, 0.25) is 0 Å². The van der Waals surface area contributed by atoms with Crippen LogP contribution < -0.4 is 0 Å². The van der Waals surface area contributed by atoms with Gasteiger partial charge in [0.15, 0.2) is 9.84 Å². The highest BCUT2D eigenvalue weighted by Crippen LogP contribution is 2.30. The molecular formula is C16H21NO4S. The van der Waals surface area contributed by atoms with E-state index in [4.69, 9.17) is 4.74 Å². The predicted molar refractivity (Wildman–Crippen MR) is 83.1 cm³/mol. The number of ether oxygens (including phenoxy) is 1. The molecule has 2 aliphatic rings. The molecule has 2 saturated heterocycles. The summed E-state index contributed by atoms with van der Waals surface area (Å²) in [5.41, 5.74) is 0.820. The summed E-state index contributed by atoms with van der Waals surface area (Å²) < 4.78 is 30.3. The molecule has 0 aliphatic carbocycles. The minimum absolute atomic E-state index is 0.0336. The summed E-state index contributed by atoms with van der Waals surface area (Å²) in [5, 5.41) is -0.508. The molecule has 0 bridgehead atoms. The first-order chi connectivity index (χ1) is 10.6. The van der Waals surface area contributed by atoms with Gasteiger partial charge in [0.1, 0.15) is 0 Å². The third kappa shape index (κ3) is 3.17. The minimum atomic E-state index is -3.23. The number of rotatable bonds is 2. The molecule has 2 atom stereocenters. The minimum Gasteiger partial charge on any atom is -0.381 e. The normalized spacial score (nSPS) is 28.3. The van der Waals surface area contributed by atoms with Crippen LogP contribution in [-0.2, 0) is 19.4 Å². The first-order valence-corrected chi connectivity index (χ1v) is 9.42. The molecule has 0 aromatic heterocycles. The van der Waals surface area contributed by atoms with Crippen LogP contribution in [-0.4, -0.2) is 51.3 Å². The maximum Gasteiger partial charge on any atom is 0.228 e. The number of nitrogens with zero attached hydrogens (tertiary/aromatic N) is 1. The van der Waals surface area contributed by atoms with E-state index in [-0.39, 0.29) is 17.6 Å². The third-order valence-electron chi connectivity index (χ3n) is 4.50. The number of sulfone groups is 1. The number of benzene rings is 1. The highest BCUT2D eigenvalue weighted by Gasteiger charge is 2.35. The lowest BCUT2D eigenvalue weighted by Crippen LogP contribution is -2.38. The second kappa shape index (κ2) is 6.38. The van der Waals surface area contributed by atoms with Crippen LogP contribution in [0.3, 0.4) is 0 Å². The first-order valence-electron chi connectivity index (χ1n) is 7.71. The fraction of sp³-hybridized carbons (Fsp3) is 0.562. The molecule has 22 heavy (non-hydrogen) atoms. The van der Waals surface area contributed by atoms with Gasteiger partial charge in [-0.2, -0.15) is 0 Å². The summed E-state index contributed by atoms with van der Waals surface area (Å²) >= 11 is 0. The Hall–Kier alpha value is -1.40. The summed E-state index contributed by atoms with van der Waals surface area (Å²) in [4.78, 5) is 14.2. The van der Waals surface area contributed by atoms with Crippen molar-refractivity contribution < 1.29 is 17.9 Å². The molecule has 5 nitrogen and oxygen atoms in total. The van der Waals surface area contributed by atoms with Crippen LogP contribution in [0.5, 0.6) is 0 Å². The zero-order valence-corrected chi connectivity index (χ0v) is 13.3. The average molecular weight is 323 g/mol. The van der Waals surface area contributed by atoms with Gasteiger partial charge in [-0.05, 0) is 18.4 Å². The van der Waals surface area contributed by atoms with Gasteiger partial charge in [-0.15, -0.1) is 0 Å². The second-order valence-electron chi connectivity index (χ2n) is 5.94. The van der Waals surface area contributed by atoms with Crippen LogP contribution in [0.25, 0.3) is 0 Å². The molecule has 2 heterocycles. The Labute approximate surface area is 131 Å². The van der Waals surface area contributed by atoms with Gasteiger partial charge in [0.25, 0.3) is 0 Å². The molecule has 3 rings (SSSR count). The number of carbonyl (C=O) groups is 1. The molecule has 2 fully saturated rings. The van der Waals surface area contributed by atoms with Crippen molar-refractivity contribution in [1.82, 2.24) is 4.90 Å². The van der Waals surface area contributed by atoms with E-state index >= 15 is 0 Å². The summed E-state index contributed by atoms with van der Waals surface area (Å²) in [7, 11) is -3.23. The molecule has 0 radical (unpaired) electrons. The molecule has 1 aromatic carbocycles. The summed E-state index contributed by atoms with van der Waals surface area (Å²) in [6.07, 6.45) is 1.20. The fourth-order valence-corrected chi connectivity index (χ4v) is 4.99. The van der Waals surface area contributed by atoms with Crippen LogP contribution in [0.1, 0.15) is 23.7 Å². The Morgan fingerprint density at radius 2 is 1.91 bits per heavy atom. The second-order valence-corrected chi connectivity index (χ2v) is 8.24. The molecule has 1 amide bonds. The van der Waals surface area contributed by atoms with E-state index in [2.05, 4.69) is 0 Å². The van der Waals surface area contributed by atoms with E-state index in [1.165, 1.54) is 0 Å². The lowest BCUT2D eigenvalue weighted by molar-refractivity contribution is -0.135. The SMILES string of the molecule is O=C([C@@H]1CCOC1)N1CC[C@@H](c2ccccc2)S(=O)(=O)CC1. The van der Waals surface area contributed by atoms with E-state index in [9.17, 15) is 13.2 Å². The molecule has 1 aromatic rings. The van der Waals surface area contributed by atoms with Gasteiger partial charge in [-0.1, -0.05) is 30.3 Å². The molecule has 2 aliphatic heterocycles. The largest absolute Gasteiger partial charge is 0.381 e.